The number of fused-ring (bicyclic) bond motifs is 2. The van der Waals surface area contributed by atoms with Crippen LogP contribution in [0, 0.1) is 0 Å². The number of nitrogens with one attached hydrogen (secondary N) is 3. The Morgan fingerprint density at radius 3 is 2.65 bits per heavy atom. The van der Waals surface area contributed by atoms with Crippen LogP contribution < -0.4 is 5.32 Å². The van der Waals surface area contributed by atoms with Crippen molar-refractivity contribution in [2.24, 2.45) is 0 Å². The summed E-state index contributed by atoms with van der Waals surface area (Å²) in [7, 11) is 0. The van der Waals surface area contributed by atoms with Crippen LogP contribution in [0.1, 0.15) is 12.5 Å². The summed E-state index contributed by atoms with van der Waals surface area (Å²) in [6.45, 7) is 3.81. The first kappa shape index (κ1) is 20.2. The minimum Gasteiger partial charge on any atom is -0.335 e. The number of aromatic nitrogens is 7. The van der Waals surface area contributed by atoms with Gasteiger partial charge in [0, 0.05) is 59.6 Å². The van der Waals surface area contributed by atoms with Gasteiger partial charge >= 0.3 is 0 Å². The SMILES string of the molecule is CCNCc1cncc(-c2ccc3[nH]nc(-c4nc5c(-c6cccnc6)cncc5[nH]4)c3c2)c1. The lowest BCUT2D eigenvalue weighted by atomic mass is 10.0. The van der Waals surface area contributed by atoms with E-state index in [0.717, 1.165) is 68.5 Å². The van der Waals surface area contributed by atoms with E-state index in [-0.39, 0.29) is 0 Å². The van der Waals surface area contributed by atoms with Gasteiger partial charge in [-0.05, 0) is 41.9 Å². The zero-order chi connectivity index (χ0) is 22.9. The normalized spacial score (nSPS) is 11.4. The number of aromatic amines is 2. The second-order valence-electron chi connectivity index (χ2n) is 8.11. The lowest BCUT2D eigenvalue weighted by Gasteiger charge is -2.06. The van der Waals surface area contributed by atoms with Crippen molar-refractivity contribution in [2.45, 2.75) is 13.5 Å². The predicted molar refractivity (Wildman–Crippen MR) is 133 cm³/mol. The molecule has 1 aromatic carbocycles. The van der Waals surface area contributed by atoms with Crippen molar-refractivity contribution in [3.63, 3.8) is 0 Å². The van der Waals surface area contributed by atoms with Crippen LogP contribution >= 0.6 is 0 Å². The van der Waals surface area contributed by atoms with Gasteiger partial charge in [0.05, 0.1) is 17.2 Å². The van der Waals surface area contributed by atoms with E-state index in [2.05, 4.69) is 60.6 Å². The van der Waals surface area contributed by atoms with Crippen LogP contribution in [0.25, 0.3) is 55.7 Å². The van der Waals surface area contributed by atoms with Gasteiger partial charge in [0.25, 0.3) is 0 Å². The van der Waals surface area contributed by atoms with Gasteiger partial charge in [0.1, 0.15) is 11.2 Å². The van der Waals surface area contributed by atoms with Crippen molar-refractivity contribution < 1.29 is 0 Å². The van der Waals surface area contributed by atoms with Crippen molar-refractivity contribution in [1.82, 2.24) is 40.4 Å². The Balaban J connectivity index is 1.44. The molecule has 0 saturated heterocycles. The first-order chi connectivity index (χ1) is 16.8. The maximum absolute atomic E-state index is 4.91. The van der Waals surface area contributed by atoms with E-state index in [1.807, 2.05) is 43.0 Å². The average Bonchev–Trinajstić information content (AvgIpc) is 3.51. The molecule has 6 aromatic rings. The van der Waals surface area contributed by atoms with Crippen LogP contribution in [0.3, 0.4) is 0 Å². The van der Waals surface area contributed by atoms with Crippen molar-refractivity contribution in [1.29, 1.82) is 0 Å². The van der Waals surface area contributed by atoms with Gasteiger partial charge in [-0.15, -0.1) is 0 Å². The average molecular weight is 447 g/mol. The van der Waals surface area contributed by atoms with Gasteiger partial charge in [-0.2, -0.15) is 5.10 Å². The van der Waals surface area contributed by atoms with Crippen molar-refractivity contribution >= 4 is 21.9 Å². The molecule has 0 radical (unpaired) electrons. The van der Waals surface area contributed by atoms with Gasteiger partial charge in [0.2, 0.25) is 0 Å². The number of H-pyrrole nitrogens is 2. The Morgan fingerprint density at radius 2 is 1.76 bits per heavy atom. The largest absolute Gasteiger partial charge is 0.335 e. The molecule has 0 amide bonds. The van der Waals surface area contributed by atoms with Crippen LogP contribution in [-0.4, -0.2) is 41.7 Å². The maximum Gasteiger partial charge on any atom is 0.159 e. The quantitative estimate of drug-likeness (QED) is 0.341. The highest BCUT2D eigenvalue weighted by molar-refractivity contribution is 5.97. The zero-order valence-corrected chi connectivity index (χ0v) is 18.6. The van der Waals surface area contributed by atoms with Crippen LogP contribution in [0.5, 0.6) is 0 Å². The molecule has 0 atom stereocenters. The Morgan fingerprint density at radius 1 is 0.853 bits per heavy atom. The fourth-order valence-corrected chi connectivity index (χ4v) is 4.16. The lowest BCUT2D eigenvalue weighted by molar-refractivity contribution is 0.724. The summed E-state index contributed by atoms with van der Waals surface area (Å²) in [6.07, 6.45) is 11.0. The molecule has 8 nitrogen and oxygen atoms in total. The number of rotatable bonds is 6. The molecular formula is C26H22N8. The lowest BCUT2D eigenvalue weighted by Crippen LogP contribution is -2.11. The van der Waals surface area contributed by atoms with Crippen LogP contribution in [0.2, 0.25) is 0 Å². The summed E-state index contributed by atoms with van der Waals surface area (Å²) < 4.78 is 0. The molecule has 0 bridgehead atoms. The topological polar surface area (TPSA) is 108 Å². The van der Waals surface area contributed by atoms with Crippen molar-refractivity contribution in [2.75, 3.05) is 6.54 Å². The standard InChI is InChI=1S/C26H22N8/c1-2-27-10-16-8-19(13-29-11-16)17-5-6-22-20(9-17)25(34-33-22)26-31-23-15-30-14-21(24(23)32-26)18-4-3-7-28-12-18/h3-9,11-15,27H,2,10H2,1H3,(H,31,32)(H,33,34). The van der Waals surface area contributed by atoms with Gasteiger partial charge < -0.3 is 10.3 Å². The fraction of sp³-hybridized carbons (Fsp3) is 0.115. The van der Waals surface area contributed by atoms with Gasteiger partial charge in [0.15, 0.2) is 5.82 Å². The van der Waals surface area contributed by atoms with Crippen molar-refractivity contribution in [3.05, 3.63) is 79.1 Å². The van der Waals surface area contributed by atoms with E-state index in [0.29, 0.717) is 5.82 Å². The van der Waals surface area contributed by atoms with Crippen LogP contribution in [0.15, 0.2) is 73.6 Å². The molecule has 0 saturated carbocycles. The number of pyridine rings is 3. The summed E-state index contributed by atoms with van der Waals surface area (Å²) in [5.41, 5.74) is 8.60. The van der Waals surface area contributed by atoms with E-state index in [9.17, 15) is 0 Å². The molecule has 166 valence electrons. The van der Waals surface area contributed by atoms with E-state index in [1.54, 1.807) is 12.4 Å². The number of benzene rings is 1. The monoisotopic (exact) mass is 446 g/mol. The molecule has 5 heterocycles. The number of imidazole rings is 1. The van der Waals surface area contributed by atoms with Crippen LogP contribution in [0.4, 0.5) is 0 Å². The number of hydrogen-bond acceptors (Lipinski definition) is 6. The molecular weight excluding hydrogens is 424 g/mol. The summed E-state index contributed by atoms with van der Waals surface area (Å²) >= 11 is 0. The number of hydrogen-bond donors (Lipinski definition) is 3. The van der Waals surface area contributed by atoms with E-state index in [4.69, 9.17) is 4.98 Å². The molecule has 3 N–H and O–H groups in total. The molecule has 0 fully saturated rings. The minimum absolute atomic E-state index is 0.690. The first-order valence-electron chi connectivity index (χ1n) is 11.2. The van der Waals surface area contributed by atoms with Gasteiger partial charge in [-0.1, -0.05) is 19.1 Å². The third kappa shape index (κ3) is 3.60. The number of nitrogens with zero attached hydrogens (tertiary/aromatic N) is 5. The molecule has 34 heavy (non-hydrogen) atoms. The fourth-order valence-electron chi connectivity index (χ4n) is 4.16. The second kappa shape index (κ2) is 8.49. The zero-order valence-electron chi connectivity index (χ0n) is 18.6. The predicted octanol–water partition coefficient (Wildman–Crippen LogP) is 4.73. The first-order valence-corrected chi connectivity index (χ1v) is 11.2. The highest BCUT2D eigenvalue weighted by Crippen LogP contribution is 2.32. The smallest absolute Gasteiger partial charge is 0.159 e. The third-order valence-electron chi connectivity index (χ3n) is 5.86. The molecule has 8 heteroatoms. The minimum atomic E-state index is 0.690. The van der Waals surface area contributed by atoms with Crippen molar-refractivity contribution in [3.8, 4) is 33.8 Å². The highest BCUT2D eigenvalue weighted by atomic mass is 15.1. The molecule has 0 unspecified atom stereocenters. The summed E-state index contributed by atoms with van der Waals surface area (Å²) in [6, 6.07) is 12.4. The maximum atomic E-state index is 4.91. The Hall–Kier alpha value is -4.43. The Labute approximate surface area is 195 Å². The Kier molecular flexibility index (Phi) is 5.04. The van der Waals surface area contributed by atoms with Crippen LogP contribution in [-0.2, 0) is 6.54 Å². The second-order valence-corrected chi connectivity index (χ2v) is 8.11. The third-order valence-corrected chi connectivity index (χ3v) is 5.86. The Bertz CT molecular complexity index is 1600. The van der Waals surface area contributed by atoms with Gasteiger partial charge in [-0.3, -0.25) is 20.1 Å². The summed E-state index contributed by atoms with van der Waals surface area (Å²) in [5.74, 6) is 0.690. The molecule has 0 aliphatic carbocycles. The summed E-state index contributed by atoms with van der Waals surface area (Å²) in [5, 5.41) is 12.1. The van der Waals surface area contributed by atoms with E-state index < -0.39 is 0 Å². The molecule has 0 aliphatic rings. The highest BCUT2D eigenvalue weighted by Gasteiger charge is 2.16. The molecule has 0 spiro atoms. The molecule has 0 aliphatic heterocycles. The summed E-state index contributed by atoms with van der Waals surface area (Å²) in [4.78, 5) is 21.4. The van der Waals surface area contributed by atoms with Gasteiger partial charge in [-0.25, -0.2) is 4.98 Å². The molecule has 6 rings (SSSR count). The van der Waals surface area contributed by atoms with E-state index in [1.165, 1.54) is 0 Å². The molecule has 5 aromatic heterocycles. The van der Waals surface area contributed by atoms with E-state index >= 15 is 0 Å².